The fourth-order valence-electron chi connectivity index (χ4n) is 4.46. The Hall–Kier alpha value is -4.24. The van der Waals surface area contributed by atoms with E-state index >= 15 is 8.78 Å². The lowest BCUT2D eigenvalue weighted by atomic mass is 9.99. The van der Waals surface area contributed by atoms with E-state index in [0.29, 0.717) is 0 Å². The van der Waals surface area contributed by atoms with E-state index in [2.05, 4.69) is 35.5 Å². The van der Waals surface area contributed by atoms with Crippen molar-refractivity contribution in [3.63, 3.8) is 0 Å². The summed E-state index contributed by atoms with van der Waals surface area (Å²) in [5.74, 6) is -8.09. The molecule has 9 nitrogen and oxygen atoms in total. The Morgan fingerprint density at radius 2 is 1.69 bits per heavy atom. The Balaban J connectivity index is 1.48. The van der Waals surface area contributed by atoms with Crippen molar-refractivity contribution in [2.45, 2.75) is 36.6 Å². The molecule has 2 aliphatic rings. The van der Waals surface area contributed by atoms with E-state index in [9.17, 15) is 22.0 Å². The Bertz CT molecular complexity index is 1580. The van der Waals surface area contributed by atoms with Gasteiger partial charge in [-0.15, -0.1) is 15.3 Å². The topological polar surface area (TPSA) is 97.3 Å². The van der Waals surface area contributed by atoms with Crippen molar-refractivity contribution in [2.75, 3.05) is 18.0 Å². The van der Waals surface area contributed by atoms with Crippen LogP contribution in [0.25, 0.3) is 11.2 Å². The number of halogens is 7. The van der Waals surface area contributed by atoms with Gasteiger partial charge in [0.15, 0.2) is 17.0 Å². The number of alkyl halides is 7. The number of nitrogens with zero attached hydrogens (tertiary/aromatic N) is 9. The monoisotopic (exact) mass is 551 g/mol. The van der Waals surface area contributed by atoms with Gasteiger partial charge in [0.25, 0.3) is 5.92 Å². The average molecular weight is 551 g/mol. The lowest BCUT2D eigenvalue weighted by Gasteiger charge is -2.21. The minimum atomic E-state index is -4.84. The molecule has 16 heteroatoms. The highest BCUT2D eigenvalue weighted by Gasteiger charge is 2.66. The van der Waals surface area contributed by atoms with E-state index in [0.717, 1.165) is 27.9 Å². The molecule has 3 aromatic heterocycles. The first-order valence-corrected chi connectivity index (χ1v) is 11.5. The molecular weight excluding hydrogens is 535 g/mol. The molecule has 1 aromatic carbocycles. The molecule has 1 fully saturated rings. The second-order valence-corrected chi connectivity index (χ2v) is 9.16. The average Bonchev–Trinajstić information content (AvgIpc) is 3.52. The summed E-state index contributed by atoms with van der Waals surface area (Å²) in [7, 11) is 0. The summed E-state index contributed by atoms with van der Waals surface area (Å²) in [5.41, 5.74) is -3.99. The molecule has 0 aliphatic carbocycles. The molecule has 0 N–H and O–H groups in total. The molecule has 0 radical (unpaired) electrons. The molecule has 0 atom stereocenters. The van der Waals surface area contributed by atoms with Crippen LogP contribution in [0.15, 0.2) is 59.0 Å². The van der Waals surface area contributed by atoms with Crippen LogP contribution in [0.4, 0.5) is 36.6 Å². The maximum absolute atomic E-state index is 15.6. The molecule has 2 aliphatic heterocycles. The van der Waals surface area contributed by atoms with E-state index in [4.69, 9.17) is 0 Å². The van der Waals surface area contributed by atoms with E-state index in [1.807, 2.05) is 0 Å². The first kappa shape index (κ1) is 25.1. The second-order valence-electron chi connectivity index (χ2n) is 9.16. The highest BCUT2D eigenvalue weighted by atomic mass is 19.4. The molecule has 0 bridgehead atoms. The van der Waals surface area contributed by atoms with Crippen LogP contribution in [0, 0.1) is 0 Å². The zero-order valence-corrected chi connectivity index (χ0v) is 19.6. The Kier molecular flexibility index (Phi) is 5.38. The summed E-state index contributed by atoms with van der Waals surface area (Å²) in [5, 5.41) is 14.2. The van der Waals surface area contributed by atoms with Crippen molar-refractivity contribution in [3.8, 4) is 0 Å². The van der Waals surface area contributed by atoms with Crippen molar-refractivity contribution in [1.82, 2.24) is 29.9 Å². The van der Waals surface area contributed by atoms with Crippen molar-refractivity contribution in [3.05, 3.63) is 71.3 Å². The molecule has 0 amide bonds. The quantitative estimate of drug-likeness (QED) is 0.319. The number of aromatic nitrogens is 6. The zero-order chi connectivity index (χ0) is 27.6. The van der Waals surface area contributed by atoms with Gasteiger partial charge in [-0.2, -0.15) is 22.0 Å². The van der Waals surface area contributed by atoms with Crippen LogP contribution in [0.2, 0.25) is 0 Å². The zero-order valence-electron chi connectivity index (χ0n) is 19.6. The molecule has 0 unspecified atom stereocenters. The number of pyridine rings is 1. The van der Waals surface area contributed by atoms with Gasteiger partial charge in [0.05, 0.1) is 13.1 Å². The lowest BCUT2D eigenvalue weighted by Crippen LogP contribution is -2.31. The summed E-state index contributed by atoms with van der Waals surface area (Å²) >= 11 is 0. The molecule has 0 saturated carbocycles. The molecule has 39 heavy (non-hydrogen) atoms. The maximum Gasteiger partial charge on any atom is 0.442 e. The lowest BCUT2D eigenvalue weighted by molar-refractivity contribution is -0.166. The second kappa shape index (κ2) is 8.38. The fraction of sp³-hybridized carbons (Fsp3) is 0.348. The summed E-state index contributed by atoms with van der Waals surface area (Å²) in [4.78, 5) is 12.8. The van der Waals surface area contributed by atoms with Gasteiger partial charge in [-0.25, -0.2) is 23.4 Å². The summed E-state index contributed by atoms with van der Waals surface area (Å²) < 4.78 is 101. The summed E-state index contributed by atoms with van der Waals surface area (Å²) in [6.07, 6.45) is -3.16. The number of rotatable bonds is 6. The molecular formula is C23H16F7N9. The summed E-state index contributed by atoms with van der Waals surface area (Å²) in [6.45, 7) is -1.37. The highest BCUT2D eigenvalue weighted by Crippen LogP contribution is 2.53. The third kappa shape index (κ3) is 4.13. The maximum atomic E-state index is 15.6. The van der Waals surface area contributed by atoms with Crippen molar-refractivity contribution in [1.29, 1.82) is 0 Å². The van der Waals surface area contributed by atoms with Crippen LogP contribution in [-0.4, -0.2) is 55.1 Å². The number of benzene rings is 1. The first-order valence-electron chi connectivity index (χ1n) is 11.5. The summed E-state index contributed by atoms with van der Waals surface area (Å²) in [6, 6.07) is 7.93. The van der Waals surface area contributed by atoms with Crippen LogP contribution in [0.5, 0.6) is 0 Å². The van der Waals surface area contributed by atoms with Gasteiger partial charge >= 0.3 is 17.8 Å². The van der Waals surface area contributed by atoms with Crippen LogP contribution in [-0.2, 0) is 18.1 Å². The third-order valence-corrected chi connectivity index (χ3v) is 6.53. The van der Waals surface area contributed by atoms with Crippen LogP contribution >= 0.6 is 0 Å². The van der Waals surface area contributed by atoms with Gasteiger partial charge in [-0.05, 0) is 11.6 Å². The first-order chi connectivity index (χ1) is 18.4. The number of fused-ring (bicyclic) bond motifs is 1. The van der Waals surface area contributed by atoms with Crippen LogP contribution < -0.4 is 4.90 Å². The van der Waals surface area contributed by atoms with E-state index in [1.54, 1.807) is 6.07 Å². The van der Waals surface area contributed by atoms with Crippen molar-refractivity contribution in [2.24, 2.45) is 10.2 Å². The van der Waals surface area contributed by atoms with Gasteiger partial charge in [0.1, 0.15) is 0 Å². The van der Waals surface area contributed by atoms with Gasteiger partial charge in [-0.3, -0.25) is 4.98 Å². The van der Waals surface area contributed by atoms with E-state index in [1.165, 1.54) is 24.4 Å². The SMILES string of the molecule is FC1(F)CCN(c2nc(C(F)(F)c3ccccc3)nc3c2nnn3Cc2ccncc2C2(C(F)(F)F)N=N2)C1. The van der Waals surface area contributed by atoms with E-state index < -0.39 is 54.6 Å². The molecule has 0 spiro atoms. The standard InChI is InChI=1S/C23H16F7N9/c24-20(25)7-9-38(12-20)17-16-18(33-19(32-17)21(26,27)14-4-2-1-3-5-14)39(37-34-16)11-13-6-8-31-10-15(13)22(35-36-22)23(28,29)30/h1-6,8,10H,7,9,11-12H2. The van der Waals surface area contributed by atoms with Gasteiger partial charge in [0.2, 0.25) is 5.82 Å². The molecule has 6 rings (SSSR count). The van der Waals surface area contributed by atoms with Gasteiger partial charge in [-0.1, -0.05) is 35.5 Å². The van der Waals surface area contributed by atoms with Crippen LogP contribution in [0.1, 0.15) is 28.9 Å². The molecule has 4 aromatic rings. The number of hydrogen-bond acceptors (Lipinski definition) is 8. The highest BCUT2D eigenvalue weighted by molar-refractivity contribution is 5.83. The van der Waals surface area contributed by atoms with Crippen molar-refractivity contribution < 1.29 is 30.7 Å². The Morgan fingerprint density at radius 3 is 2.33 bits per heavy atom. The smallest absolute Gasteiger partial charge is 0.348 e. The minimum absolute atomic E-state index is 0.0309. The predicted octanol–water partition coefficient (Wildman–Crippen LogP) is 4.83. The number of hydrogen-bond donors (Lipinski definition) is 0. The minimum Gasteiger partial charge on any atom is -0.348 e. The largest absolute Gasteiger partial charge is 0.442 e. The van der Waals surface area contributed by atoms with Crippen LogP contribution in [0.3, 0.4) is 0 Å². The van der Waals surface area contributed by atoms with E-state index in [-0.39, 0.29) is 34.7 Å². The molecule has 5 heterocycles. The third-order valence-electron chi connectivity index (χ3n) is 6.53. The Labute approximate surface area is 214 Å². The molecule has 202 valence electrons. The Morgan fingerprint density at radius 1 is 0.949 bits per heavy atom. The molecule has 1 saturated heterocycles. The normalized spacial score (nSPS) is 18.2. The number of anilines is 1. The van der Waals surface area contributed by atoms with Gasteiger partial charge < -0.3 is 4.90 Å². The predicted molar refractivity (Wildman–Crippen MR) is 120 cm³/mol. The van der Waals surface area contributed by atoms with Crippen molar-refractivity contribution >= 4 is 17.0 Å². The fourth-order valence-corrected chi connectivity index (χ4v) is 4.46. The van der Waals surface area contributed by atoms with Gasteiger partial charge in [0, 0.05) is 36.5 Å².